The van der Waals surface area contributed by atoms with Crippen LogP contribution in [0.2, 0.25) is 5.02 Å². The fourth-order valence-electron chi connectivity index (χ4n) is 2.00. The molecular weight excluding hydrogens is 388 g/mol. The Labute approximate surface area is 167 Å². The number of para-hydroxylation sites is 1. The van der Waals surface area contributed by atoms with Gasteiger partial charge in [-0.25, -0.2) is 0 Å². The van der Waals surface area contributed by atoms with Crippen molar-refractivity contribution >= 4 is 46.7 Å². The fraction of sp³-hybridized carbons (Fsp3) is 0.167. The van der Waals surface area contributed by atoms with Crippen molar-refractivity contribution in [3.05, 3.63) is 53.1 Å². The van der Waals surface area contributed by atoms with Gasteiger partial charge in [-0.05, 0) is 48.1 Å². The van der Waals surface area contributed by atoms with Crippen LogP contribution in [-0.4, -0.2) is 38.0 Å². The molecule has 0 aliphatic heterocycles. The number of hydrogen-bond donors (Lipinski definition) is 3. The third kappa shape index (κ3) is 6.43. The lowest BCUT2D eigenvalue weighted by atomic mass is 10.2. The van der Waals surface area contributed by atoms with Gasteiger partial charge >= 0.3 is 0 Å². The first-order valence-electron chi connectivity index (χ1n) is 7.89. The molecule has 2 aromatic carbocycles. The van der Waals surface area contributed by atoms with Crippen molar-refractivity contribution < 1.29 is 14.3 Å². The van der Waals surface area contributed by atoms with Gasteiger partial charge in [-0.3, -0.25) is 10.2 Å². The van der Waals surface area contributed by atoms with E-state index in [0.717, 1.165) is 5.56 Å². The second-order valence-corrected chi connectivity index (χ2v) is 5.99. The lowest BCUT2D eigenvalue weighted by Crippen LogP contribution is -2.28. The Morgan fingerprint density at radius 2 is 2.04 bits per heavy atom. The van der Waals surface area contributed by atoms with Crippen LogP contribution in [-0.2, 0) is 4.79 Å². The van der Waals surface area contributed by atoms with Crippen molar-refractivity contribution in [1.29, 1.82) is 0 Å². The molecule has 0 radical (unpaired) electrons. The van der Waals surface area contributed by atoms with E-state index >= 15 is 0 Å². The molecule has 2 aromatic rings. The van der Waals surface area contributed by atoms with E-state index in [4.69, 9.17) is 33.3 Å². The smallest absolute Gasteiger partial charge is 0.262 e. The Morgan fingerprint density at radius 3 is 2.74 bits per heavy atom. The second kappa shape index (κ2) is 10.3. The summed E-state index contributed by atoms with van der Waals surface area (Å²) in [6.45, 7) is -0.187. The number of halogens is 1. The van der Waals surface area contributed by atoms with Gasteiger partial charge in [-0.15, -0.1) is 0 Å². The average Bonchev–Trinajstić information content (AvgIpc) is 2.68. The van der Waals surface area contributed by atoms with Crippen molar-refractivity contribution in [3.63, 3.8) is 0 Å². The number of ether oxygens (including phenoxy) is 2. The predicted molar refractivity (Wildman–Crippen MR) is 111 cm³/mol. The summed E-state index contributed by atoms with van der Waals surface area (Å²) in [4.78, 5) is 12.1. The fourth-order valence-corrected chi connectivity index (χ4v) is 2.23. The maximum absolute atomic E-state index is 12.1. The van der Waals surface area contributed by atoms with Crippen LogP contribution in [0.1, 0.15) is 5.56 Å². The molecular formula is C18H19ClN4O3S. The Morgan fingerprint density at radius 1 is 1.26 bits per heavy atom. The zero-order valence-corrected chi connectivity index (χ0v) is 16.4. The molecule has 0 saturated heterocycles. The number of nitrogens with zero attached hydrogens (tertiary/aromatic N) is 1. The van der Waals surface area contributed by atoms with Crippen molar-refractivity contribution in [3.8, 4) is 11.5 Å². The monoisotopic (exact) mass is 406 g/mol. The van der Waals surface area contributed by atoms with Gasteiger partial charge in [0.2, 0.25) is 0 Å². The number of hydrazone groups is 1. The summed E-state index contributed by atoms with van der Waals surface area (Å²) in [5.74, 6) is 0.573. The van der Waals surface area contributed by atoms with Crippen LogP contribution in [0, 0.1) is 0 Å². The first kappa shape index (κ1) is 20.5. The minimum atomic E-state index is -0.333. The maximum atomic E-state index is 12.1. The van der Waals surface area contributed by atoms with E-state index in [1.165, 1.54) is 7.11 Å². The van der Waals surface area contributed by atoms with Crippen LogP contribution in [0.3, 0.4) is 0 Å². The first-order valence-corrected chi connectivity index (χ1v) is 8.68. The maximum Gasteiger partial charge on any atom is 0.262 e. The normalized spacial score (nSPS) is 10.3. The Hall–Kier alpha value is -2.84. The van der Waals surface area contributed by atoms with Gasteiger partial charge in [0.1, 0.15) is 0 Å². The number of hydrogen-bond acceptors (Lipinski definition) is 5. The van der Waals surface area contributed by atoms with Crippen LogP contribution < -0.4 is 25.5 Å². The molecule has 2 rings (SSSR count). The van der Waals surface area contributed by atoms with Crippen LogP contribution in [0.15, 0.2) is 47.6 Å². The molecule has 9 heteroatoms. The highest BCUT2D eigenvalue weighted by Gasteiger charge is 2.10. The van der Waals surface area contributed by atoms with E-state index < -0.39 is 0 Å². The van der Waals surface area contributed by atoms with Gasteiger partial charge in [0, 0.05) is 7.05 Å². The minimum absolute atomic E-state index is 0.187. The van der Waals surface area contributed by atoms with Crippen molar-refractivity contribution in [2.75, 3.05) is 26.1 Å². The largest absolute Gasteiger partial charge is 0.493 e. The number of carbonyl (C=O) groups is 1. The molecule has 27 heavy (non-hydrogen) atoms. The van der Waals surface area contributed by atoms with Crippen molar-refractivity contribution in [1.82, 2.24) is 10.7 Å². The topological polar surface area (TPSA) is 84.0 Å². The lowest BCUT2D eigenvalue weighted by Gasteiger charge is -2.12. The summed E-state index contributed by atoms with van der Waals surface area (Å²) in [5, 5.41) is 10.3. The molecule has 0 aliphatic carbocycles. The number of carbonyl (C=O) groups excluding carboxylic acids is 1. The van der Waals surface area contributed by atoms with E-state index in [9.17, 15) is 4.79 Å². The molecule has 0 atom stereocenters. The average molecular weight is 407 g/mol. The first-order chi connectivity index (χ1) is 13.0. The van der Waals surface area contributed by atoms with E-state index in [0.29, 0.717) is 27.3 Å². The second-order valence-electron chi connectivity index (χ2n) is 5.18. The molecule has 0 unspecified atom stereocenters. The summed E-state index contributed by atoms with van der Waals surface area (Å²) in [7, 11) is 3.21. The molecule has 0 spiro atoms. The van der Waals surface area contributed by atoms with Crippen LogP contribution in [0.5, 0.6) is 11.5 Å². The third-order valence-electron chi connectivity index (χ3n) is 3.30. The molecule has 142 valence electrons. The van der Waals surface area contributed by atoms with Gasteiger partial charge in [-0.2, -0.15) is 5.10 Å². The Balaban J connectivity index is 1.96. The highest BCUT2D eigenvalue weighted by molar-refractivity contribution is 7.80. The highest BCUT2D eigenvalue weighted by atomic mass is 35.5. The van der Waals surface area contributed by atoms with Gasteiger partial charge in [0.25, 0.3) is 5.91 Å². The summed E-state index contributed by atoms with van der Waals surface area (Å²) >= 11 is 10.9. The van der Waals surface area contributed by atoms with Crippen LogP contribution in [0.25, 0.3) is 0 Å². The molecule has 0 fully saturated rings. The van der Waals surface area contributed by atoms with Gasteiger partial charge in [0.05, 0.1) is 24.0 Å². The number of anilines is 1. The number of thiocarbonyl (C=S) groups is 1. The zero-order chi connectivity index (χ0) is 19.6. The highest BCUT2D eigenvalue weighted by Crippen LogP contribution is 2.27. The summed E-state index contributed by atoms with van der Waals surface area (Å²) < 4.78 is 10.9. The molecule has 0 aliphatic rings. The zero-order valence-electron chi connectivity index (χ0n) is 14.8. The summed E-state index contributed by atoms with van der Waals surface area (Å²) in [6.07, 6.45) is 1.58. The van der Waals surface area contributed by atoms with E-state index in [-0.39, 0.29) is 12.5 Å². The molecule has 0 saturated carbocycles. The molecule has 0 heterocycles. The molecule has 0 aromatic heterocycles. The summed E-state index contributed by atoms with van der Waals surface area (Å²) in [5.41, 5.74) is 3.95. The van der Waals surface area contributed by atoms with Crippen LogP contribution >= 0.6 is 23.8 Å². The van der Waals surface area contributed by atoms with Gasteiger partial charge in [-0.1, -0.05) is 23.7 Å². The number of methoxy groups -OCH3 is 1. The molecule has 1 amide bonds. The standard InChI is InChI=1S/C18H19ClN4O3S/c1-20-18(27)23-21-10-12-7-8-15(16(9-12)25-2)26-11-17(24)22-14-6-4-3-5-13(14)19/h3-10H,11H2,1-2H3,(H,22,24)(H2,20,23,27)/b21-10-. The Bertz CT molecular complexity index is 845. The van der Waals surface area contributed by atoms with Crippen molar-refractivity contribution in [2.45, 2.75) is 0 Å². The molecule has 0 bridgehead atoms. The molecule has 3 N–H and O–H groups in total. The van der Waals surface area contributed by atoms with Crippen LogP contribution in [0.4, 0.5) is 5.69 Å². The number of nitrogens with one attached hydrogen (secondary N) is 3. The van der Waals surface area contributed by atoms with E-state index in [1.807, 2.05) is 0 Å². The SMILES string of the molecule is CNC(=S)N/N=C\c1ccc(OCC(=O)Nc2ccccc2Cl)c(OC)c1. The van der Waals surface area contributed by atoms with E-state index in [1.54, 1.807) is 55.7 Å². The number of rotatable bonds is 7. The predicted octanol–water partition coefficient (Wildman–Crippen LogP) is 2.79. The molecule has 7 nitrogen and oxygen atoms in total. The third-order valence-corrected chi connectivity index (χ3v) is 3.93. The van der Waals surface area contributed by atoms with Gasteiger partial charge < -0.3 is 20.1 Å². The minimum Gasteiger partial charge on any atom is -0.493 e. The van der Waals surface area contributed by atoms with Crippen molar-refractivity contribution in [2.24, 2.45) is 5.10 Å². The number of amides is 1. The Kier molecular flexibility index (Phi) is 7.84. The quantitative estimate of drug-likeness (QED) is 0.372. The van der Waals surface area contributed by atoms with Gasteiger partial charge in [0.15, 0.2) is 23.2 Å². The van der Waals surface area contributed by atoms with E-state index in [2.05, 4.69) is 21.2 Å². The number of benzene rings is 2. The lowest BCUT2D eigenvalue weighted by molar-refractivity contribution is -0.118. The summed E-state index contributed by atoms with van der Waals surface area (Å²) in [6, 6.07) is 12.2.